The van der Waals surface area contributed by atoms with E-state index in [1.165, 1.54) is 30.5 Å². The largest absolute Gasteiger partial charge is 0.507 e. The molecule has 130 valence electrons. The average Bonchev–Trinajstić information content (AvgIpc) is 2.63. The van der Waals surface area contributed by atoms with Crippen LogP contribution in [0.4, 0.5) is 8.78 Å². The number of pyridine rings is 1. The van der Waals surface area contributed by atoms with Gasteiger partial charge in [-0.2, -0.15) is 5.10 Å². The molecule has 0 fully saturated rings. The molecule has 2 aromatic carbocycles. The lowest BCUT2D eigenvalue weighted by Gasteiger charge is -2.08. The van der Waals surface area contributed by atoms with E-state index in [-0.39, 0.29) is 16.9 Å². The van der Waals surface area contributed by atoms with Gasteiger partial charge in [0.2, 0.25) is 0 Å². The molecule has 0 saturated carbocycles. The minimum atomic E-state index is -0.767. The molecule has 0 spiro atoms. The summed E-state index contributed by atoms with van der Waals surface area (Å²) < 4.78 is 27.0. The molecule has 1 amide bonds. The Morgan fingerprint density at radius 3 is 2.73 bits per heavy atom. The summed E-state index contributed by atoms with van der Waals surface area (Å²) in [6.45, 7) is 0. The molecule has 0 aliphatic carbocycles. The fourth-order valence-corrected chi connectivity index (χ4v) is 2.29. The Morgan fingerprint density at radius 2 is 2.00 bits per heavy atom. The van der Waals surface area contributed by atoms with Crippen LogP contribution in [-0.2, 0) is 0 Å². The number of carbonyl (C=O) groups excluding carboxylic acids is 1. The van der Waals surface area contributed by atoms with Gasteiger partial charge < -0.3 is 5.11 Å². The third-order valence-electron chi connectivity index (χ3n) is 3.55. The second-order valence-corrected chi connectivity index (χ2v) is 5.34. The molecule has 0 aliphatic rings. The minimum absolute atomic E-state index is 0.0884. The third kappa shape index (κ3) is 3.89. The van der Waals surface area contributed by atoms with Crippen molar-refractivity contribution in [1.82, 2.24) is 10.4 Å². The first kappa shape index (κ1) is 17.2. The summed E-state index contributed by atoms with van der Waals surface area (Å²) in [5, 5.41) is 13.7. The Labute approximate surface area is 147 Å². The zero-order chi connectivity index (χ0) is 18.5. The molecule has 0 radical (unpaired) electrons. The maximum absolute atomic E-state index is 13.9. The SMILES string of the molecule is O=C(N/N=C/c1cccnc1)c1cc(-c2ccc(F)cc2F)ccc1O. The van der Waals surface area contributed by atoms with Crippen molar-refractivity contribution in [2.24, 2.45) is 5.10 Å². The van der Waals surface area contributed by atoms with Gasteiger partial charge in [0.05, 0.1) is 11.8 Å². The highest BCUT2D eigenvalue weighted by atomic mass is 19.1. The zero-order valence-electron chi connectivity index (χ0n) is 13.4. The molecule has 0 atom stereocenters. The lowest BCUT2D eigenvalue weighted by atomic mass is 10.0. The summed E-state index contributed by atoms with van der Waals surface area (Å²) in [5.41, 5.74) is 3.30. The van der Waals surface area contributed by atoms with Crippen LogP contribution in [0.15, 0.2) is 66.0 Å². The molecule has 0 saturated heterocycles. The summed E-state index contributed by atoms with van der Waals surface area (Å²) in [5.74, 6) is -2.43. The summed E-state index contributed by atoms with van der Waals surface area (Å²) in [4.78, 5) is 16.1. The van der Waals surface area contributed by atoms with Gasteiger partial charge in [-0.05, 0) is 35.9 Å². The van der Waals surface area contributed by atoms with Crippen LogP contribution in [0.1, 0.15) is 15.9 Å². The molecule has 1 aromatic heterocycles. The van der Waals surface area contributed by atoms with Gasteiger partial charge in [0.15, 0.2) is 0 Å². The lowest BCUT2D eigenvalue weighted by Crippen LogP contribution is -2.17. The van der Waals surface area contributed by atoms with Gasteiger partial charge in [-0.15, -0.1) is 0 Å². The monoisotopic (exact) mass is 353 g/mol. The Hall–Kier alpha value is -3.61. The van der Waals surface area contributed by atoms with Crippen LogP contribution in [0.25, 0.3) is 11.1 Å². The van der Waals surface area contributed by atoms with Crippen molar-refractivity contribution >= 4 is 12.1 Å². The lowest BCUT2D eigenvalue weighted by molar-refractivity contribution is 0.0952. The number of hydrogen-bond acceptors (Lipinski definition) is 4. The van der Waals surface area contributed by atoms with Crippen LogP contribution in [-0.4, -0.2) is 22.2 Å². The number of carbonyl (C=O) groups is 1. The number of aromatic hydroxyl groups is 1. The maximum atomic E-state index is 13.9. The van der Waals surface area contributed by atoms with Gasteiger partial charge in [0.25, 0.3) is 5.91 Å². The fourth-order valence-electron chi connectivity index (χ4n) is 2.29. The van der Waals surface area contributed by atoms with Gasteiger partial charge in [-0.25, -0.2) is 14.2 Å². The third-order valence-corrected chi connectivity index (χ3v) is 3.55. The van der Waals surface area contributed by atoms with Gasteiger partial charge in [0.1, 0.15) is 17.4 Å². The van der Waals surface area contributed by atoms with Crippen molar-refractivity contribution in [3.63, 3.8) is 0 Å². The number of nitrogens with zero attached hydrogens (tertiary/aromatic N) is 2. The second kappa shape index (κ2) is 7.52. The highest BCUT2D eigenvalue weighted by Gasteiger charge is 2.14. The smallest absolute Gasteiger partial charge is 0.275 e. The van der Waals surface area contributed by atoms with Gasteiger partial charge >= 0.3 is 0 Å². The minimum Gasteiger partial charge on any atom is -0.507 e. The van der Waals surface area contributed by atoms with Crippen molar-refractivity contribution in [1.29, 1.82) is 0 Å². The van der Waals surface area contributed by atoms with E-state index in [0.29, 0.717) is 11.1 Å². The van der Waals surface area contributed by atoms with E-state index in [1.807, 2.05) is 0 Å². The number of benzene rings is 2. The maximum Gasteiger partial charge on any atom is 0.275 e. The van der Waals surface area contributed by atoms with Crippen molar-refractivity contribution in [2.45, 2.75) is 0 Å². The fraction of sp³-hybridized carbons (Fsp3) is 0. The van der Waals surface area contributed by atoms with E-state index >= 15 is 0 Å². The molecule has 0 aliphatic heterocycles. The van der Waals surface area contributed by atoms with Crippen molar-refractivity contribution in [3.05, 3.63) is 83.7 Å². The number of rotatable bonds is 4. The zero-order valence-corrected chi connectivity index (χ0v) is 13.4. The molecule has 0 bridgehead atoms. The number of phenols is 1. The van der Waals surface area contributed by atoms with E-state index in [2.05, 4.69) is 15.5 Å². The summed E-state index contributed by atoms with van der Waals surface area (Å²) in [6.07, 6.45) is 4.56. The Balaban J connectivity index is 1.83. The van der Waals surface area contributed by atoms with Crippen molar-refractivity contribution < 1.29 is 18.7 Å². The molecule has 2 N–H and O–H groups in total. The number of aromatic nitrogens is 1. The standard InChI is InChI=1S/C19H13F2N3O2/c20-14-4-5-15(17(21)9-14)13-3-6-18(25)16(8-13)19(26)24-23-11-12-2-1-7-22-10-12/h1-11,25H,(H,24,26)/b23-11+. The molecular formula is C19H13F2N3O2. The average molecular weight is 353 g/mol. The summed E-state index contributed by atoms with van der Waals surface area (Å²) in [7, 11) is 0. The van der Waals surface area contributed by atoms with Crippen LogP contribution in [0.3, 0.4) is 0 Å². The van der Waals surface area contributed by atoms with Crippen LogP contribution in [0, 0.1) is 11.6 Å². The van der Waals surface area contributed by atoms with Gasteiger partial charge in [0, 0.05) is 29.6 Å². The molecule has 3 rings (SSSR count). The van der Waals surface area contributed by atoms with E-state index in [4.69, 9.17) is 0 Å². The summed E-state index contributed by atoms with van der Waals surface area (Å²) >= 11 is 0. The molecule has 7 heteroatoms. The van der Waals surface area contributed by atoms with E-state index in [0.717, 1.165) is 12.1 Å². The topological polar surface area (TPSA) is 74.6 Å². The molecule has 3 aromatic rings. The summed E-state index contributed by atoms with van der Waals surface area (Å²) in [6, 6.07) is 10.6. The first-order chi connectivity index (χ1) is 12.5. The number of hydrogen-bond donors (Lipinski definition) is 2. The normalized spacial score (nSPS) is 10.8. The highest BCUT2D eigenvalue weighted by Crippen LogP contribution is 2.28. The van der Waals surface area contributed by atoms with Crippen LogP contribution in [0.5, 0.6) is 5.75 Å². The number of amides is 1. The van der Waals surface area contributed by atoms with E-state index in [9.17, 15) is 18.7 Å². The second-order valence-electron chi connectivity index (χ2n) is 5.34. The molecule has 5 nitrogen and oxygen atoms in total. The number of phenolic OH excluding ortho intramolecular Hbond substituents is 1. The van der Waals surface area contributed by atoms with Crippen LogP contribution >= 0.6 is 0 Å². The quantitative estimate of drug-likeness (QED) is 0.557. The number of hydrazone groups is 1. The van der Waals surface area contributed by atoms with E-state index in [1.54, 1.807) is 24.5 Å². The van der Waals surface area contributed by atoms with Crippen molar-refractivity contribution in [2.75, 3.05) is 0 Å². The van der Waals surface area contributed by atoms with Crippen LogP contribution < -0.4 is 5.43 Å². The highest BCUT2D eigenvalue weighted by molar-refractivity contribution is 5.98. The first-order valence-corrected chi connectivity index (χ1v) is 7.56. The molecular weight excluding hydrogens is 340 g/mol. The van der Waals surface area contributed by atoms with E-state index < -0.39 is 17.5 Å². The predicted octanol–water partition coefficient (Wildman–Crippen LogP) is 3.50. The predicted molar refractivity (Wildman–Crippen MR) is 92.8 cm³/mol. The number of nitrogens with one attached hydrogen (secondary N) is 1. The van der Waals surface area contributed by atoms with Crippen LogP contribution in [0.2, 0.25) is 0 Å². The Kier molecular flexibility index (Phi) is 4.98. The number of halogens is 2. The van der Waals surface area contributed by atoms with Gasteiger partial charge in [-0.3, -0.25) is 9.78 Å². The molecule has 26 heavy (non-hydrogen) atoms. The molecule has 0 unspecified atom stereocenters. The van der Waals surface area contributed by atoms with Crippen molar-refractivity contribution in [3.8, 4) is 16.9 Å². The first-order valence-electron chi connectivity index (χ1n) is 7.56. The Morgan fingerprint density at radius 1 is 1.15 bits per heavy atom. The molecule has 1 heterocycles. The Bertz CT molecular complexity index is 976. The van der Waals surface area contributed by atoms with Gasteiger partial charge in [-0.1, -0.05) is 12.1 Å².